The standard InChI is InChI=1S/C24H16Cl2F3NO4/c1-13(23(33,24(27,28)29)16-5-2-14(12-30)3-6-16)18-8-7-17(11-19(18)25)34-21-9-4-15(22(31)32)10-20(21)26/h2-11,13,33H,1H3,(H,31,32)/t13-,23-/m1/s1. The Kier molecular flexibility index (Phi) is 7.13. The Hall–Kier alpha value is -3.25. The molecule has 2 N–H and O–H groups in total. The van der Waals surface area contributed by atoms with Crippen molar-refractivity contribution in [1.82, 2.24) is 0 Å². The smallest absolute Gasteiger partial charge is 0.422 e. The zero-order valence-electron chi connectivity index (χ0n) is 17.4. The Labute approximate surface area is 202 Å². The van der Waals surface area contributed by atoms with Crippen molar-refractivity contribution in [2.75, 3.05) is 0 Å². The van der Waals surface area contributed by atoms with Crippen LogP contribution in [0.25, 0.3) is 0 Å². The maximum atomic E-state index is 14.1. The summed E-state index contributed by atoms with van der Waals surface area (Å²) in [6.07, 6.45) is -5.06. The van der Waals surface area contributed by atoms with Crippen LogP contribution in [0.15, 0.2) is 60.7 Å². The van der Waals surface area contributed by atoms with Crippen molar-refractivity contribution in [2.45, 2.75) is 24.6 Å². The monoisotopic (exact) mass is 509 g/mol. The number of hydrogen-bond acceptors (Lipinski definition) is 4. The minimum Gasteiger partial charge on any atom is -0.478 e. The van der Waals surface area contributed by atoms with Gasteiger partial charge in [0, 0.05) is 10.9 Å². The second-order valence-electron chi connectivity index (χ2n) is 7.41. The van der Waals surface area contributed by atoms with Gasteiger partial charge < -0.3 is 14.9 Å². The van der Waals surface area contributed by atoms with E-state index >= 15 is 0 Å². The molecule has 3 rings (SSSR count). The number of aliphatic hydroxyl groups is 1. The minimum atomic E-state index is -5.06. The predicted octanol–water partition coefficient (Wildman–Crippen LogP) is 6.91. The van der Waals surface area contributed by atoms with Gasteiger partial charge in [0.2, 0.25) is 0 Å². The van der Waals surface area contributed by atoms with Crippen molar-refractivity contribution < 1.29 is 32.9 Å². The molecule has 176 valence electrons. The van der Waals surface area contributed by atoms with Crippen LogP contribution in [0.3, 0.4) is 0 Å². The summed E-state index contributed by atoms with van der Waals surface area (Å²) < 4.78 is 47.9. The number of rotatable bonds is 6. The molecule has 10 heteroatoms. The number of alkyl halides is 3. The molecule has 0 aliphatic heterocycles. The van der Waals surface area contributed by atoms with Crippen molar-refractivity contribution in [3.63, 3.8) is 0 Å². The van der Waals surface area contributed by atoms with E-state index in [0.717, 1.165) is 12.1 Å². The molecule has 0 aliphatic carbocycles. The molecule has 0 bridgehead atoms. The van der Waals surface area contributed by atoms with Crippen LogP contribution in [0.5, 0.6) is 11.5 Å². The number of hydrogen-bond donors (Lipinski definition) is 2. The van der Waals surface area contributed by atoms with Crippen molar-refractivity contribution in [3.05, 3.63) is 93.0 Å². The second kappa shape index (κ2) is 9.55. The van der Waals surface area contributed by atoms with Crippen molar-refractivity contribution >= 4 is 29.2 Å². The van der Waals surface area contributed by atoms with Gasteiger partial charge in [0.15, 0.2) is 5.60 Å². The van der Waals surface area contributed by atoms with E-state index in [1.807, 2.05) is 6.07 Å². The van der Waals surface area contributed by atoms with Crippen molar-refractivity contribution in [3.8, 4) is 17.6 Å². The van der Waals surface area contributed by atoms with Crippen LogP contribution in [0, 0.1) is 11.3 Å². The zero-order chi connectivity index (χ0) is 25.3. The number of benzene rings is 3. The largest absolute Gasteiger partial charge is 0.478 e. The minimum absolute atomic E-state index is 0.00511. The molecule has 3 aromatic rings. The molecule has 2 atom stereocenters. The molecule has 0 heterocycles. The van der Waals surface area contributed by atoms with Crippen LogP contribution in [0.4, 0.5) is 13.2 Å². The summed E-state index contributed by atoms with van der Waals surface area (Å²) in [5, 5.41) is 28.7. The number of ether oxygens (including phenoxy) is 1. The van der Waals surface area contributed by atoms with Crippen LogP contribution in [0.2, 0.25) is 10.0 Å². The van der Waals surface area contributed by atoms with Gasteiger partial charge >= 0.3 is 12.1 Å². The van der Waals surface area contributed by atoms with E-state index < -0.39 is 29.2 Å². The fourth-order valence-electron chi connectivity index (χ4n) is 3.45. The van der Waals surface area contributed by atoms with Crippen LogP contribution < -0.4 is 4.74 Å². The molecule has 0 radical (unpaired) electrons. The number of carbonyl (C=O) groups is 1. The lowest BCUT2D eigenvalue weighted by atomic mass is 9.77. The number of nitriles is 1. The van der Waals surface area contributed by atoms with E-state index in [2.05, 4.69) is 0 Å². The normalized spacial score (nSPS) is 14.1. The molecule has 0 fully saturated rings. The molecule has 0 amide bonds. The van der Waals surface area contributed by atoms with E-state index in [4.69, 9.17) is 38.3 Å². The van der Waals surface area contributed by atoms with Gasteiger partial charge in [-0.15, -0.1) is 0 Å². The summed E-state index contributed by atoms with van der Waals surface area (Å²) in [6, 6.07) is 14.0. The molecule has 0 saturated carbocycles. The average molecular weight is 510 g/mol. The maximum absolute atomic E-state index is 14.1. The molecule has 5 nitrogen and oxygen atoms in total. The number of aromatic carboxylic acids is 1. The van der Waals surface area contributed by atoms with Gasteiger partial charge in [-0.2, -0.15) is 18.4 Å². The fourth-order valence-corrected chi connectivity index (χ4v) is 4.00. The van der Waals surface area contributed by atoms with E-state index in [-0.39, 0.29) is 38.2 Å². The van der Waals surface area contributed by atoms with Gasteiger partial charge in [-0.1, -0.05) is 48.3 Å². The highest BCUT2D eigenvalue weighted by Gasteiger charge is 2.58. The third-order valence-corrected chi connectivity index (χ3v) is 5.98. The topological polar surface area (TPSA) is 90.6 Å². The second-order valence-corrected chi connectivity index (χ2v) is 8.23. The predicted molar refractivity (Wildman–Crippen MR) is 119 cm³/mol. The van der Waals surface area contributed by atoms with E-state index in [1.54, 1.807) is 0 Å². The summed E-state index contributed by atoms with van der Waals surface area (Å²) in [5.74, 6) is -2.44. The summed E-state index contributed by atoms with van der Waals surface area (Å²) in [5.41, 5.74) is -3.62. The highest BCUT2D eigenvalue weighted by Crippen LogP contribution is 2.50. The van der Waals surface area contributed by atoms with Crippen LogP contribution in [-0.4, -0.2) is 22.4 Å². The maximum Gasteiger partial charge on any atom is 0.422 e. The first-order chi connectivity index (χ1) is 15.9. The van der Waals surface area contributed by atoms with Gasteiger partial charge in [0.25, 0.3) is 0 Å². The van der Waals surface area contributed by atoms with Crippen LogP contribution in [0.1, 0.15) is 39.9 Å². The van der Waals surface area contributed by atoms with E-state index in [1.165, 1.54) is 55.5 Å². The molecule has 34 heavy (non-hydrogen) atoms. The SMILES string of the molecule is C[C@H](c1ccc(Oc2ccc(C(=O)O)cc2Cl)cc1Cl)[C@@](O)(c1ccc(C#N)cc1)C(F)(F)F. The van der Waals surface area contributed by atoms with Crippen LogP contribution in [-0.2, 0) is 5.60 Å². The number of carboxylic acid groups (broad SMARTS) is 1. The fraction of sp³-hybridized carbons (Fsp3) is 0.167. The van der Waals surface area contributed by atoms with Crippen LogP contribution >= 0.6 is 23.2 Å². The van der Waals surface area contributed by atoms with Gasteiger partial charge in [0.05, 0.1) is 22.2 Å². The van der Waals surface area contributed by atoms with E-state index in [0.29, 0.717) is 0 Å². The Bertz CT molecular complexity index is 1270. The highest BCUT2D eigenvalue weighted by atomic mass is 35.5. The summed E-state index contributed by atoms with van der Waals surface area (Å²) in [7, 11) is 0. The molecule has 0 aliphatic rings. The third kappa shape index (κ3) is 4.82. The lowest BCUT2D eigenvalue weighted by Crippen LogP contribution is -2.46. The Morgan fingerprint density at radius 1 is 1.03 bits per heavy atom. The summed E-state index contributed by atoms with van der Waals surface area (Å²) >= 11 is 12.3. The molecule has 0 unspecified atom stereocenters. The van der Waals surface area contributed by atoms with Gasteiger partial charge in [-0.3, -0.25) is 0 Å². The first kappa shape index (κ1) is 25.4. The van der Waals surface area contributed by atoms with Gasteiger partial charge in [-0.25, -0.2) is 4.79 Å². The molecule has 0 aromatic heterocycles. The lowest BCUT2D eigenvalue weighted by Gasteiger charge is -2.37. The van der Waals surface area contributed by atoms with E-state index in [9.17, 15) is 23.1 Å². The Balaban J connectivity index is 1.96. The molecular formula is C24H16Cl2F3NO4. The summed E-state index contributed by atoms with van der Waals surface area (Å²) in [4.78, 5) is 11.0. The molecule has 3 aromatic carbocycles. The van der Waals surface area contributed by atoms with Gasteiger partial charge in [-0.05, 0) is 53.6 Å². The highest BCUT2D eigenvalue weighted by molar-refractivity contribution is 6.32. The Morgan fingerprint density at radius 2 is 1.68 bits per heavy atom. The molecule has 0 saturated heterocycles. The van der Waals surface area contributed by atoms with Crippen molar-refractivity contribution in [1.29, 1.82) is 5.26 Å². The zero-order valence-corrected chi connectivity index (χ0v) is 18.9. The number of nitrogens with zero attached hydrogens (tertiary/aromatic N) is 1. The third-order valence-electron chi connectivity index (χ3n) is 5.36. The van der Waals surface area contributed by atoms with Gasteiger partial charge in [0.1, 0.15) is 11.5 Å². The molecule has 0 spiro atoms. The summed E-state index contributed by atoms with van der Waals surface area (Å²) in [6.45, 7) is 1.19. The molecular weight excluding hydrogens is 494 g/mol. The van der Waals surface area contributed by atoms with Crippen molar-refractivity contribution in [2.24, 2.45) is 0 Å². The first-order valence-corrected chi connectivity index (χ1v) is 10.4. The first-order valence-electron chi connectivity index (χ1n) is 9.68. The Morgan fingerprint density at radius 3 is 2.18 bits per heavy atom. The number of carboxylic acids is 1. The quantitative estimate of drug-likeness (QED) is 0.376. The number of halogens is 5. The lowest BCUT2D eigenvalue weighted by molar-refractivity contribution is -0.274. The average Bonchev–Trinajstić information content (AvgIpc) is 2.78.